The molecule has 0 bridgehead atoms. The van der Waals surface area contributed by atoms with Crippen LogP contribution in [0.15, 0.2) is 24.3 Å². The van der Waals surface area contributed by atoms with Crippen LogP contribution in [0.2, 0.25) is 0 Å². The number of carboxylic acids is 1. The molecule has 0 saturated heterocycles. The lowest BCUT2D eigenvalue weighted by molar-refractivity contribution is -0.158. The van der Waals surface area contributed by atoms with E-state index in [0.717, 1.165) is 5.57 Å². The van der Waals surface area contributed by atoms with E-state index in [9.17, 15) is 9.59 Å². The molecule has 5 nitrogen and oxygen atoms in total. The highest BCUT2D eigenvalue weighted by atomic mass is 16.6. The van der Waals surface area contributed by atoms with Crippen LogP contribution in [-0.4, -0.2) is 36.4 Å². The van der Waals surface area contributed by atoms with Gasteiger partial charge in [-0.2, -0.15) is 0 Å². The van der Waals surface area contributed by atoms with Crippen molar-refractivity contribution in [3.8, 4) is 0 Å². The Morgan fingerprint density at radius 1 is 1.50 bits per heavy atom. The first kappa shape index (κ1) is 16.4. The molecule has 3 atom stereocenters. The Balaban J connectivity index is 2.44. The molecule has 3 unspecified atom stereocenters. The molecule has 0 aromatic carbocycles. The SMILES string of the molecule is C=C(C)COC(C)COC(=O)C1C=CCCC1C(=O)O. The van der Waals surface area contributed by atoms with Gasteiger partial charge in [0.2, 0.25) is 0 Å². The Hall–Kier alpha value is -1.62. The summed E-state index contributed by atoms with van der Waals surface area (Å²) in [4.78, 5) is 23.1. The monoisotopic (exact) mass is 282 g/mol. The minimum Gasteiger partial charge on any atom is -0.481 e. The number of rotatable bonds is 7. The highest BCUT2D eigenvalue weighted by Gasteiger charge is 2.34. The number of carbonyl (C=O) groups is 2. The quantitative estimate of drug-likeness (QED) is 0.572. The van der Waals surface area contributed by atoms with Gasteiger partial charge in [0.25, 0.3) is 0 Å². The van der Waals surface area contributed by atoms with Crippen molar-refractivity contribution < 1.29 is 24.2 Å². The van der Waals surface area contributed by atoms with Crippen LogP contribution < -0.4 is 0 Å². The van der Waals surface area contributed by atoms with Crippen molar-refractivity contribution >= 4 is 11.9 Å². The van der Waals surface area contributed by atoms with Crippen molar-refractivity contribution in [2.45, 2.75) is 32.8 Å². The number of hydrogen-bond acceptors (Lipinski definition) is 4. The van der Waals surface area contributed by atoms with Crippen molar-refractivity contribution in [2.24, 2.45) is 11.8 Å². The van der Waals surface area contributed by atoms with E-state index < -0.39 is 23.8 Å². The Labute approximate surface area is 119 Å². The van der Waals surface area contributed by atoms with Gasteiger partial charge in [-0.3, -0.25) is 9.59 Å². The molecule has 0 aromatic rings. The zero-order valence-corrected chi connectivity index (χ0v) is 12.0. The number of carboxylic acid groups (broad SMARTS) is 1. The zero-order valence-electron chi connectivity index (χ0n) is 12.0. The molecule has 112 valence electrons. The normalized spacial score (nSPS) is 23.1. The highest BCUT2D eigenvalue weighted by molar-refractivity contribution is 5.83. The third-order valence-corrected chi connectivity index (χ3v) is 3.09. The standard InChI is InChI=1S/C15H22O5/c1-10(2)8-19-11(3)9-20-15(18)13-7-5-4-6-12(13)14(16)17/h5,7,11-13H,1,4,6,8-9H2,2-3H3,(H,16,17). The van der Waals surface area contributed by atoms with Crippen LogP contribution >= 0.6 is 0 Å². The van der Waals surface area contributed by atoms with Crippen LogP contribution in [0.3, 0.4) is 0 Å². The van der Waals surface area contributed by atoms with Gasteiger partial charge in [-0.1, -0.05) is 24.3 Å². The summed E-state index contributed by atoms with van der Waals surface area (Å²) in [7, 11) is 0. The molecule has 1 aliphatic rings. The molecular weight excluding hydrogens is 260 g/mol. The van der Waals surface area contributed by atoms with E-state index in [-0.39, 0.29) is 12.7 Å². The first-order valence-electron chi connectivity index (χ1n) is 6.74. The van der Waals surface area contributed by atoms with Gasteiger partial charge in [-0.25, -0.2) is 0 Å². The van der Waals surface area contributed by atoms with Crippen LogP contribution in [0.25, 0.3) is 0 Å². The number of ether oxygens (including phenoxy) is 2. The minimum absolute atomic E-state index is 0.114. The summed E-state index contributed by atoms with van der Waals surface area (Å²) in [5, 5.41) is 9.10. The third-order valence-electron chi connectivity index (χ3n) is 3.09. The molecule has 5 heteroatoms. The molecule has 0 amide bonds. The summed E-state index contributed by atoms with van der Waals surface area (Å²) >= 11 is 0. The predicted octanol–water partition coefficient (Wildman–Crippen LogP) is 2.18. The van der Waals surface area contributed by atoms with Gasteiger partial charge in [-0.05, 0) is 26.7 Å². The van der Waals surface area contributed by atoms with Gasteiger partial charge in [0, 0.05) is 0 Å². The molecule has 0 spiro atoms. The number of allylic oxidation sites excluding steroid dienone is 1. The molecule has 1 rings (SSSR count). The number of hydrogen-bond donors (Lipinski definition) is 1. The first-order chi connectivity index (χ1) is 9.41. The fourth-order valence-corrected chi connectivity index (χ4v) is 1.98. The van der Waals surface area contributed by atoms with Crippen molar-refractivity contribution in [1.82, 2.24) is 0 Å². The molecule has 0 aliphatic heterocycles. The van der Waals surface area contributed by atoms with E-state index >= 15 is 0 Å². The number of carbonyl (C=O) groups excluding carboxylic acids is 1. The van der Waals surface area contributed by atoms with E-state index in [1.165, 1.54) is 0 Å². The molecule has 0 radical (unpaired) electrons. The van der Waals surface area contributed by atoms with E-state index in [1.54, 1.807) is 13.0 Å². The summed E-state index contributed by atoms with van der Waals surface area (Å²) in [6, 6.07) is 0. The van der Waals surface area contributed by atoms with Gasteiger partial charge in [0.05, 0.1) is 24.5 Å². The highest BCUT2D eigenvalue weighted by Crippen LogP contribution is 2.26. The lowest BCUT2D eigenvalue weighted by Crippen LogP contribution is -2.33. The molecular formula is C15H22O5. The van der Waals surface area contributed by atoms with E-state index in [2.05, 4.69) is 6.58 Å². The fourth-order valence-electron chi connectivity index (χ4n) is 1.98. The second-order valence-electron chi connectivity index (χ2n) is 5.18. The summed E-state index contributed by atoms with van der Waals surface area (Å²) in [5.74, 6) is -2.85. The fraction of sp³-hybridized carbons (Fsp3) is 0.600. The number of aliphatic carboxylic acids is 1. The Bertz CT molecular complexity index is 399. The Morgan fingerprint density at radius 2 is 2.20 bits per heavy atom. The number of esters is 1. The van der Waals surface area contributed by atoms with E-state index in [1.807, 2.05) is 13.0 Å². The molecule has 0 fully saturated rings. The topological polar surface area (TPSA) is 72.8 Å². The van der Waals surface area contributed by atoms with E-state index in [4.69, 9.17) is 14.6 Å². The summed E-state index contributed by atoms with van der Waals surface area (Å²) < 4.78 is 10.6. The van der Waals surface area contributed by atoms with E-state index in [0.29, 0.717) is 19.4 Å². The van der Waals surface area contributed by atoms with Crippen LogP contribution in [0.1, 0.15) is 26.7 Å². The van der Waals surface area contributed by atoms with Crippen molar-refractivity contribution in [3.05, 3.63) is 24.3 Å². The molecule has 1 N–H and O–H groups in total. The maximum atomic E-state index is 11.9. The maximum absolute atomic E-state index is 11.9. The average molecular weight is 282 g/mol. The van der Waals surface area contributed by atoms with Crippen molar-refractivity contribution in [3.63, 3.8) is 0 Å². The van der Waals surface area contributed by atoms with Crippen LogP contribution in [0.4, 0.5) is 0 Å². The lowest BCUT2D eigenvalue weighted by atomic mass is 9.84. The van der Waals surface area contributed by atoms with Gasteiger partial charge < -0.3 is 14.6 Å². The second kappa shape index (κ2) is 7.85. The van der Waals surface area contributed by atoms with Gasteiger partial charge in [0.15, 0.2) is 0 Å². The second-order valence-corrected chi connectivity index (χ2v) is 5.18. The smallest absolute Gasteiger partial charge is 0.313 e. The van der Waals surface area contributed by atoms with Gasteiger partial charge in [-0.15, -0.1) is 0 Å². The Kier molecular flexibility index (Phi) is 6.45. The van der Waals surface area contributed by atoms with Crippen molar-refractivity contribution in [2.75, 3.05) is 13.2 Å². The van der Waals surface area contributed by atoms with Crippen molar-refractivity contribution in [1.29, 1.82) is 0 Å². The third kappa shape index (κ3) is 5.17. The summed E-state index contributed by atoms with van der Waals surface area (Å²) in [6.45, 7) is 7.89. The van der Waals surface area contributed by atoms with Crippen LogP contribution in [0.5, 0.6) is 0 Å². The zero-order chi connectivity index (χ0) is 15.1. The summed E-state index contributed by atoms with van der Waals surface area (Å²) in [5.41, 5.74) is 0.893. The molecule has 1 aliphatic carbocycles. The summed E-state index contributed by atoms with van der Waals surface area (Å²) in [6.07, 6.45) is 4.36. The molecule has 20 heavy (non-hydrogen) atoms. The maximum Gasteiger partial charge on any atom is 0.313 e. The molecule has 0 saturated carbocycles. The minimum atomic E-state index is -0.956. The molecule has 0 aromatic heterocycles. The van der Waals surface area contributed by atoms with Crippen LogP contribution in [-0.2, 0) is 19.1 Å². The van der Waals surface area contributed by atoms with Gasteiger partial charge in [0.1, 0.15) is 6.61 Å². The lowest BCUT2D eigenvalue weighted by Gasteiger charge is -2.23. The van der Waals surface area contributed by atoms with Crippen LogP contribution in [0, 0.1) is 11.8 Å². The van der Waals surface area contributed by atoms with Gasteiger partial charge >= 0.3 is 11.9 Å². The average Bonchev–Trinajstić information content (AvgIpc) is 2.42. The predicted molar refractivity (Wildman–Crippen MR) is 74.2 cm³/mol. The largest absolute Gasteiger partial charge is 0.481 e. The first-order valence-corrected chi connectivity index (χ1v) is 6.74. The molecule has 0 heterocycles. The Morgan fingerprint density at radius 3 is 2.80 bits per heavy atom.